The van der Waals surface area contributed by atoms with Gasteiger partial charge in [0.05, 0.1) is 5.69 Å². The van der Waals surface area contributed by atoms with Gasteiger partial charge in [-0.2, -0.15) is 4.31 Å². The van der Waals surface area contributed by atoms with E-state index in [1.807, 2.05) is 18.2 Å². The summed E-state index contributed by atoms with van der Waals surface area (Å²) in [7, 11) is -3.70. The summed E-state index contributed by atoms with van der Waals surface area (Å²) < 4.78 is 45.8. The minimum Gasteiger partial charge on any atom is -0.457 e. The second-order valence-corrected chi connectivity index (χ2v) is 10.2. The van der Waals surface area contributed by atoms with Crippen LogP contribution in [-0.4, -0.2) is 59.7 Å². The number of carbonyl (C=O) groups is 1. The van der Waals surface area contributed by atoms with Crippen LogP contribution in [0.4, 0.5) is 4.39 Å². The highest BCUT2D eigenvalue weighted by Gasteiger charge is 2.31. The highest BCUT2D eigenvalue weighted by atomic mass is 32.2. The minimum absolute atomic E-state index is 0.00164. The number of ether oxygens (including phenoxy) is 1. The van der Waals surface area contributed by atoms with Crippen molar-refractivity contribution in [3.8, 4) is 22.8 Å². The molecule has 0 bridgehead atoms. The van der Waals surface area contributed by atoms with Crippen LogP contribution in [0.15, 0.2) is 96.2 Å². The Balaban J connectivity index is 1.24. The molecular formula is C27H23FN4O4S. The molecule has 1 amide bonds. The van der Waals surface area contributed by atoms with Crippen molar-refractivity contribution >= 4 is 15.9 Å². The van der Waals surface area contributed by atoms with Crippen LogP contribution in [0.25, 0.3) is 11.3 Å². The predicted octanol–water partition coefficient (Wildman–Crippen LogP) is 4.22. The van der Waals surface area contributed by atoms with Gasteiger partial charge in [0.25, 0.3) is 15.9 Å². The third kappa shape index (κ3) is 5.50. The molecule has 2 aromatic carbocycles. The highest BCUT2D eigenvalue weighted by Crippen LogP contribution is 2.26. The zero-order valence-electron chi connectivity index (χ0n) is 19.7. The Morgan fingerprint density at radius 2 is 1.49 bits per heavy atom. The number of hydrogen-bond donors (Lipinski definition) is 0. The lowest BCUT2D eigenvalue weighted by molar-refractivity contribution is 0.0692. The van der Waals surface area contributed by atoms with E-state index in [0.717, 1.165) is 5.56 Å². The van der Waals surface area contributed by atoms with E-state index in [4.69, 9.17) is 4.74 Å². The van der Waals surface area contributed by atoms with Gasteiger partial charge in [0, 0.05) is 37.9 Å². The summed E-state index contributed by atoms with van der Waals surface area (Å²) in [6, 6.07) is 22.9. The van der Waals surface area contributed by atoms with Crippen LogP contribution in [-0.2, 0) is 10.0 Å². The van der Waals surface area contributed by atoms with Gasteiger partial charge in [-0.3, -0.25) is 4.79 Å². The molecule has 8 nitrogen and oxygen atoms in total. The fourth-order valence-corrected chi connectivity index (χ4v) is 5.33. The summed E-state index contributed by atoms with van der Waals surface area (Å²) >= 11 is 0. The van der Waals surface area contributed by atoms with E-state index in [-0.39, 0.29) is 48.6 Å². The molecule has 1 saturated heterocycles. The molecule has 0 radical (unpaired) electrons. The maximum atomic E-state index is 13.1. The van der Waals surface area contributed by atoms with E-state index >= 15 is 0 Å². The number of sulfonamides is 1. The number of piperazine rings is 1. The van der Waals surface area contributed by atoms with Gasteiger partial charge in [0.2, 0.25) is 0 Å². The van der Waals surface area contributed by atoms with Crippen LogP contribution in [0.2, 0.25) is 0 Å². The first-order valence-corrected chi connectivity index (χ1v) is 13.1. The lowest BCUT2D eigenvalue weighted by Gasteiger charge is -2.33. The summed E-state index contributed by atoms with van der Waals surface area (Å²) in [6.07, 6.45) is 1.44. The van der Waals surface area contributed by atoms with Crippen LogP contribution in [0.1, 0.15) is 10.5 Å². The predicted molar refractivity (Wildman–Crippen MR) is 135 cm³/mol. The maximum Gasteiger partial charge on any atom is 0.272 e. The highest BCUT2D eigenvalue weighted by molar-refractivity contribution is 7.89. The first kappa shape index (κ1) is 24.5. The van der Waals surface area contributed by atoms with Gasteiger partial charge >= 0.3 is 0 Å². The molecule has 0 spiro atoms. The molecule has 3 heterocycles. The van der Waals surface area contributed by atoms with E-state index in [9.17, 15) is 17.6 Å². The van der Waals surface area contributed by atoms with Gasteiger partial charge in [-0.05, 0) is 72.8 Å². The Hall–Kier alpha value is -4.15. The monoisotopic (exact) mass is 518 g/mol. The van der Waals surface area contributed by atoms with Gasteiger partial charge in [0.1, 0.15) is 23.0 Å². The number of rotatable bonds is 6. The van der Waals surface area contributed by atoms with E-state index in [2.05, 4.69) is 9.97 Å². The number of benzene rings is 2. The van der Waals surface area contributed by atoms with Crippen molar-refractivity contribution in [1.82, 2.24) is 19.2 Å². The van der Waals surface area contributed by atoms with Gasteiger partial charge < -0.3 is 9.64 Å². The van der Waals surface area contributed by atoms with Crippen LogP contribution < -0.4 is 4.74 Å². The molecule has 0 aliphatic carbocycles. The van der Waals surface area contributed by atoms with Crippen molar-refractivity contribution in [2.24, 2.45) is 0 Å². The van der Waals surface area contributed by atoms with Crippen molar-refractivity contribution in [2.75, 3.05) is 26.2 Å². The number of hydrogen-bond acceptors (Lipinski definition) is 6. The zero-order chi connectivity index (χ0) is 25.8. The zero-order valence-corrected chi connectivity index (χ0v) is 20.5. The summed E-state index contributed by atoms with van der Waals surface area (Å²) in [5.74, 6) is 0.515. The second-order valence-electron chi connectivity index (χ2n) is 8.35. The Labute approximate surface area is 214 Å². The lowest BCUT2D eigenvalue weighted by atomic mass is 10.1. The van der Waals surface area contributed by atoms with Gasteiger partial charge in [-0.1, -0.05) is 12.1 Å². The number of pyridine rings is 2. The standard InChI is InChI=1S/C27H23FN4O4S/c28-21-9-13-23(14-10-21)36-22-11-7-20(8-12-22)24-4-3-5-25(30-24)27(33)31-16-18-32(19-17-31)37(34,35)26-6-1-2-15-29-26/h1-15H,16-19H2. The molecule has 10 heteroatoms. The summed E-state index contributed by atoms with van der Waals surface area (Å²) in [5, 5.41) is -0.00164. The minimum atomic E-state index is -3.70. The molecule has 1 aliphatic heterocycles. The van der Waals surface area contributed by atoms with Gasteiger partial charge in [-0.15, -0.1) is 0 Å². The first-order valence-electron chi connectivity index (χ1n) is 11.6. The maximum absolute atomic E-state index is 13.1. The first-order chi connectivity index (χ1) is 17.9. The third-order valence-electron chi connectivity index (χ3n) is 5.94. The van der Waals surface area contributed by atoms with Crippen molar-refractivity contribution in [2.45, 2.75) is 5.03 Å². The van der Waals surface area contributed by atoms with Crippen molar-refractivity contribution in [3.05, 3.63) is 103 Å². The Morgan fingerprint density at radius 1 is 0.811 bits per heavy atom. The number of aromatic nitrogens is 2. The lowest BCUT2D eigenvalue weighted by Crippen LogP contribution is -2.50. The molecule has 0 atom stereocenters. The molecular weight excluding hydrogens is 495 g/mol. The summed E-state index contributed by atoms with van der Waals surface area (Å²) in [4.78, 5) is 23.2. The SMILES string of the molecule is O=C(c1cccc(-c2ccc(Oc3ccc(F)cc3)cc2)n1)N1CCN(S(=O)(=O)c2ccccn2)CC1. The molecule has 37 heavy (non-hydrogen) atoms. The summed E-state index contributed by atoms with van der Waals surface area (Å²) in [6.45, 7) is 0.873. The number of nitrogens with zero attached hydrogens (tertiary/aromatic N) is 4. The van der Waals surface area contributed by atoms with Crippen molar-refractivity contribution in [1.29, 1.82) is 0 Å². The van der Waals surface area contributed by atoms with Crippen LogP contribution in [0.5, 0.6) is 11.5 Å². The number of halogens is 1. The van der Waals surface area contributed by atoms with E-state index < -0.39 is 10.0 Å². The fraction of sp³-hybridized carbons (Fsp3) is 0.148. The Kier molecular flexibility index (Phi) is 6.93. The number of carbonyl (C=O) groups excluding carboxylic acids is 1. The van der Waals surface area contributed by atoms with Crippen LogP contribution in [0.3, 0.4) is 0 Å². The van der Waals surface area contributed by atoms with Crippen molar-refractivity contribution < 1.29 is 22.3 Å². The summed E-state index contributed by atoms with van der Waals surface area (Å²) in [5.41, 5.74) is 1.70. The average Bonchev–Trinajstić information content (AvgIpc) is 2.95. The van der Waals surface area contributed by atoms with E-state index in [1.54, 1.807) is 53.4 Å². The molecule has 0 N–H and O–H groups in total. The van der Waals surface area contributed by atoms with Crippen molar-refractivity contribution in [3.63, 3.8) is 0 Å². The molecule has 1 aliphatic rings. The number of amides is 1. The van der Waals surface area contributed by atoms with Crippen LogP contribution in [0, 0.1) is 5.82 Å². The molecule has 2 aromatic heterocycles. The molecule has 0 saturated carbocycles. The molecule has 4 aromatic rings. The quantitative estimate of drug-likeness (QED) is 0.380. The van der Waals surface area contributed by atoms with E-state index in [1.165, 1.54) is 28.7 Å². The third-order valence-corrected chi connectivity index (χ3v) is 7.75. The molecule has 188 valence electrons. The van der Waals surface area contributed by atoms with Gasteiger partial charge in [0.15, 0.2) is 5.03 Å². The second kappa shape index (κ2) is 10.5. The molecule has 1 fully saturated rings. The normalized spacial score (nSPS) is 14.4. The Bertz CT molecular complexity index is 1490. The molecule has 5 rings (SSSR count). The Morgan fingerprint density at radius 3 is 2.14 bits per heavy atom. The topological polar surface area (TPSA) is 92.7 Å². The van der Waals surface area contributed by atoms with Gasteiger partial charge in [-0.25, -0.2) is 22.8 Å². The van der Waals surface area contributed by atoms with E-state index in [0.29, 0.717) is 17.2 Å². The largest absolute Gasteiger partial charge is 0.457 e. The average molecular weight is 519 g/mol. The molecule has 0 unspecified atom stereocenters. The smallest absolute Gasteiger partial charge is 0.272 e. The van der Waals surface area contributed by atoms with Crippen LogP contribution >= 0.6 is 0 Å². The fourth-order valence-electron chi connectivity index (χ4n) is 3.97.